The van der Waals surface area contributed by atoms with Gasteiger partial charge in [-0.05, 0) is 75.4 Å². The van der Waals surface area contributed by atoms with Crippen LogP contribution < -0.4 is 9.80 Å². The molecule has 2 aliphatic rings. The Bertz CT molecular complexity index is 862. The number of hydrogen-bond acceptors (Lipinski definition) is 2. The molecule has 2 fully saturated rings. The first-order valence-electron chi connectivity index (χ1n) is 8.92. The minimum Gasteiger partial charge on any atom is -0.313 e. The molecule has 0 atom stereocenters. The standard InChI is InChI=1S/C22H24N2O/c1-15-6-9-19(10-7-15)24-18(4)23(21(25)22(24)12-5-13-22)20-11-8-16(2)17(3)14-20/h6-11,14H,4-5,12-13H2,1-3H3. The minimum absolute atomic E-state index is 0.160. The number of aryl methyl sites for hydroxylation is 3. The minimum atomic E-state index is -0.453. The zero-order valence-electron chi connectivity index (χ0n) is 15.2. The first-order chi connectivity index (χ1) is 11.9. The zero-order valence-corrected chi connectivity index (χ0v) is 15.2. The molecule has 3 heteroatoms. The SMILES string of the molecule is C=C1N(c2ccc(C)c(C)c2)C(=O)C2(CCC2)N1c1ccc(C)cc1. The monoisotopic (exact) mass is 332 g/mol. The third-order valence-electron chi connectivity index (χ3n) is 5.77. The fraction of sp³-hybridized carbons (Fsp3) is 0.318. The summed E-state index contributed by atoms with van der Waals surface area (Å²) in [4.78, 5) is 17.4. The molecule has 1 heterocycles. The van der Waals surface area contributed by atoms with E-state index in [4.69, 9.17) is 0 Å². The predicted octanol–water partition coefficient (Wildman–Crippen LogP) is 4.86. The second-order valence-corrected chi connectivity index (χ2v) is 7.38. The maximum absolute atomic E-state index is 13.4. The van der Waals surface area contributed by atoms with E-state index in [1.54, 1.807) is 0 Å². The van der Waals surface area contributed by atoms with Gasteiger partial charge in [0.2, 0.25) is 0 Å². The van der Waals surface area contributed by atoms with Crippen molar-refractivity contribution < 1.29 is 4.79 Å². The summed E-state index contributed by atoms with van der Waals surface area (Å²) in [7, 11) is 0. The number of amides is 1. The molecule has 2 aromatic carbocycles. The van der Waals surface area contributed by atoms with E-state index in [-0.39, 0.29) is 5.91 Å². The highest BCUT2D eigenvalue weighted by molar-refractivity contribution is 6.10. The molecule has 1 spiro atoms. The van der Waals surface area contributed by atoms with Gasteiger partial charge in [0.1, 0.15) is 11.4 Å². The predicted molar refractivity (Wildman–Crippen MR) is 103 cm³/mol. The Morgan fingerprint density at radius 2 is 1.56 bits per heavy atom. The third-order valence-corrected chi connectivity index (χ3v) is 5.77. The number of carbonyl (C=O) groups excluding carboxylic acids is 1. The first kappa shape index (κ1) is 15.9. The molecule has 1 aliphatic heterocycles. The smallest absolute Gasteiger partial charge is 0.258 e. The number of nitrogens with zero attached hydrogens (tertiary/aromatic N) is 2. The number of benzene rings is 2. The van der Waals surface area contributed by atoms with Crippen LogP contribution in [0.15, 0.2) is 54.9 Å². The van der Waals surface area contributed by atoms with Gasteiger partial charge in [-0.15, -0.1) is 0 Å². The molecule has 0 radical (unpaired) electrons. The molecular formula is C22H24N2O. The summed E-state index contributed by atoms with van der Waals surface area (Å²) in [6, 6.07) is 14.6. The van der Waals surface area contributed by atoms with E-state index in [1.165, 1.54) is 16.7 Å². The molecule has 3 nitrogen and oxygen atoms in total. The summed E-state index contributed by atoms with van der Waals surface area (Å²) in [5.74, 6) is 0.921. The lowest BCUT2D eigenvalue weighted by Crippen LogP contribution is -2.54. The quantitative estimate of drug-likeness (QED) is 0.784. The Hall–Kier alpha value is -2.55. The summed E-state index contributed by atoms with van der Waals surface area (Å²) in [6.07, 6.45) is 2.86. The molecule has 0 N–H and O–H groups in total. The van der Waals surface area contributed by atoms with Crippen molar-refractivity contribution >= 4 is 17.3 Å². The molecule has 1 amide bonds. The number of carbonyl (C=O) groups is 1. The third kappa shape index (κ3) is 2.22. The van der Waals surface area contributed by atoms with Crippen molar-refractivity contribution in [3.63, 3.8) is 0 Å². The van der Waals surface area contributed by atoms with Gasteiger partial charge in [-0.2, -0.15) is 0 Å². The highest BCUT2D eigenvalue weighted by Crippen LogP contribution is 2.50. The Morgan fingerprint density at radius 1 is 0.920 bits per heavy atom. The second kappa shape index (κ2) is 5.48. The van der Waals surface area contributed by atoms with Crippen LogP contribution in [-0.4, -0.2) is 11.4 Å². The van der Waals surface area contributed by atoms with Crippen molar-refractivity contribution in [2.45, 2.75) is 45.6 Å². The Kier molecular flexibility index (Phi) is 3.50. The summed E-state index contributed by atoms with van der Waals surface area (Å²) < 4.78 is 0. The van der Waals surface area contributed by atoms with E-state index >= 15 is 0 Å². The molecule has 1 saturated heterocycles. The van der Waals surface area contributed by atoms with Crippen molar-refractivity contribution in [3.05, 3.63) is 71.6 Å². The number of hydrogen-bond donors (Lipinski definition) is 0. The fourth-order valence-electron chi connectivity index (χ4n) is 3.94. The summed E-state index contributed by atoms with van der Waals surface area (Å²) in [5.41, 5.74) is 5.15. The molecule has 1 aliphatic carbocycles. The largest absolute Gasteiger partial charge is 0.313 e. The summed E-state index contributed by atoms with van der Waals surface area (Å²) in [5, 5.41) is 0. The van der Waals surface area contributed by atoms with Gasteiger partial charge in [0.25, 0.3) is 5.91 Å². The average Bonchev–Trinajstić information content (AvgIpc) is 2.78. The van der Waals surface area contributed by atoms with Crippen LogP contribution in [0.4, 0.5) is 11.4 Å². The van der Waals surface area contributed by atoms with Gasteiger partial charge < -0.3 is 4.90 Å². The van der Waals surface area contributed by atoms with Gasteiger partial charge in [-0.1, -0.05) is 30.3 Å². The second-order valence-electron chi connectivity index (χ2n) is 7.38. The van der Waals surface area contributed by atoms with E-state index < -0.39 is 5.54 Å². The van der Waals surface area contributed by atoms with E-state index in [0.717, 1.165) is 36.5 Å². The van der Waals surface area contributed by atoms with E-state index in [9.17, 15) is 4.79 Å². The molecule has 0 unspecified atom stereocenters. The Morgan fingerprint density at radius 3 is 2.12 bits per heavy atom. The molecule has 0 aromatic heterocycles. The molecule has 4 rings (SSSR count). The molecule has 128 valence electrons. The normalized spacial score (nSPS) is 18.8. The van der Waals surface area contributed by atoms with E-state index in [2.05, 4.69) is 68.6 Å². The maximum atomic E-state index is 13.4. The van der Waals surface area contributed by atoms with Crippen LogP contribution in [0.2, 0.25) is 0 Å². The maximum Gasteiger partial charge on any atom is 0.258 e. The van der Waals surface area contributed by atoms with E-state index in [0.29, 0.717) is 0 Å². The van der Waals surface area contributed by atoms with Crippen molar-refractivity contribution in [2.24, 2.45) is 0 Å². The molecule has 0 bridgehead atoms. The lowest BCUT2D eigenvalue weighted by molar-refractivity contribution is -0.123. The van der Waals surface area contributed by atoms with Gasteiger partial charge in [-0.3, -0.25) is 9.69 Å². The lowest BCUT2D eigenvalue weighted by atomic mass is 9.75. The van der Waals surface area contributed by atoms with Crippen LogP contribution >= 0.6 is 0 Å². The van der Waals surface area contributed by atoms with Crippen molar-refractivity contribution in [3.8, 4) is 0 Å². The highest BCUT2D eigenvalue weighted by Gasteiger charge is 2.58. The molecular weight excluding hydrogens is 308 g/mol. The van der Waals surface area contributed by atoms with Crippen molar-refractivity contribution in [1.29, 1.82) is 0 Å². The van der Waals surface area contributed by atoms with Gasteiger partial charge in [0.05, 0.1) is 5.69 Å². The molecule has 2 aromatic rings. The van der Waals surface area contributed by atoms with Crippen LogP contribution in [-0.2, 0) is 4.79 Å². The highest BCUT2D eigenvalue weighted by atomic mass is 16.2. The van der Waals surface area contributed by atoms with Crippen LogP contribution in [0.25, 0.3) is 0 Å². The van der Waals surface area contributed by atoms with Crippen LogP contribution in [0.1, 0.15) is 36.0 Å². The van der Waals surface area contributed by atoms with E-state index in [1.807, 2.05) is 11.0 Å². The summed E-state index contributed by atoms with van der Waals surface area (Å²) in [6.45, 7) is 10.6. The summed E-state index contributed by atoms with van der Waals surface area (Å²) >= 11 is 0. The zero-order chi connectivity index (χ0) is 17.8. The van der Waals surface area contributed by atoms with Gasteiger partial charge in [0, 0.05) is 5.69 Å². The molecule has 25 heavy (non-hydrogen) atoms. The van der Waals surface area contributed by atoms with Gasteiger partial charge in [-0.25, -0.2) is 0 Å². The van der Waals surface area contributed by atoms with Crippen LogP contribution in [0.3, 0.4) is 0 Å². The van der Waals surface area contributed by atoms with Gasteiger partial charge in [0.15, 0.2) is 0 Å². The first-order valence-corrected chi connectivity index (χ1v) is 8.92. The van der Waals surface area contributed by atoms with Crippen molar-refractivity contribution in [2.75, 3.05) is 9.80 Å². The lowest BCUT2D eigenvalue weighted by Gasteiger charge is -2.43. The topological polar surface area (TPSA) is 23.6 Å². The molecule has 1 saturated carbocycles. The Labute approximate surface area is 149 Å². The average molecular weight is 332 g/mol. The van der Waals surface area contributed by atoms with Crippen LogP contribution in [0, 0.1) is 20.8 Å². The number of anilines is 2. The van der Waals surface area contributed by atoms with Gasteiger partial charge >= 0.3 is 0 Å². The van der Waals surface area contributed by atoms with Crippen molar-refractivity contribution in [1.82, 2.24) is 0 Å². The van der Waals surface area contributed by atoms with Crippen LogP contribution in [0.5, 0.6) is 0 Å². The Balaban J connectivity index is 1.80. The fourth-order valence-corrected chi connectivity index (χ4v) is 3.94. The number of rotatable bonds is 2.